The Bertz CT molecular complexity index is 501. The minimum absolute atomic E-state index is 0.889. The predicted octanol–water partition coefficient (Wildman–Crippen LogP) is 7.45. The van der Waals surface area contributed by atoms with Gasteiger partial charge in [-0.3, -0.25) is 0 Å². The lowest BCUT2D eigenvalue weighted by Crippen LogP contribution is -2.28. The number of hydrogen-bond donors (Lipinski definition) is 0. The highest BCUT2D eigenvalue weighted by molar-refractivity contribution is 5.37. The van der Waals surface area contributed by atoms with Gasteiger partial charge in [0, 0.05) is 0 Å². The van der Waals surface area contributed by atoms with E-state index in [4.69, 9.17) is 0 Å². The lowest BCUT2D eigenvalue weighted by Gasteiger charge is -2.41. The third-order valence-corrected chi connectivity index (χ3v) is 6.78. The van der Waals surface area contributed by atoms with Crippen molar-refractivity contribution in [2.45, 2.75) is 103 Å². The van der Waals surface area contributed by atoms with Crippen molar-refractivity contribution in [2.24, 2.45) is 11.8 Å². The highest BCUT2D eigenvalue weighted by Gasteiger charge is 2.35. The maximum absolute atomic E-state index is 2.61. The van der Waals surface area contributed by atoms with E-state index in [1.807, 2.05) is 0 Å². The zero-order valence-corrected chi connectivity index (χ0v) is 16.2. The molecule has 0 bridgehead atoms. The summed E-state index contributed by atoms with van der Waals surface area (Å²) < 4.78 is 0. The Morgan fingerprint density at radius 1 is 0.917 bits per heavy atom. The SMILES string of the molecule is CCCCCCC1CCC2CCc3ccc(CCCC)cc3C2C1. The molecule has 1 aromatic carbocycles. The van der Waals surface area contributed by atoms with E-state index in [0.717, 1.165) is 17.8 Å². The number of fused-ring (bicyclic) bond motifs is 3. The summed E-state index contributed by atoms with van der Waals surface area (Å²) in [6.45, 7) is 4.62. The summed E-state index contributed by atoms with van der Waals surface area (Å²) in [6, 6.07) is 7.50. The fraction of sp³-hybridized carbons (Fsp3) is 0.750. The van der Waals surface area contributed by atoms with Crippen LogP contribution in [0.2, 0.25) is 0 Å². The molecule has 2 aliphatic carbocycles. The van der Waals surface area contributed by atoms with Crippen molar-refractivity contribution in [3.05, 3.63) is 34.9 Å². The Morgan fingerprint density at radius 2 is 1.79 bits per heavy atom. The normalized spacial score (nSPS) is 26.0. The summed E-state index contributed by atoms with van der Waals surface area (Å²) in [4.78, 5) is 0. The molecule has 0 aromatic heterocycles. The average Bonchev–Trinajstić information content (AvgIpc) is 2.63. The van der Waals surface area contributed by atoms with Crippen molar-refractivity contribution < 1.29 is 0 Å². The van der Waals surface area contributed by atoms with Crippen molar-refractivity contribution in [1.29, 1.82) is 0 Å². The van der Waals surface area contributed by atoms with E-state index < -0.39 is 0 Å². The predicted molar refractivity (Wildman–Crippen MR) is 106 cm³/mol. The van der Waals surface area contributed by atoms with Crippen LogP contribution in [0.25, 0.3) is 0 Å². The van der Waals surface area contributed by atoms with Crippen LogP contribution in [0.1, 0.15) is 107 Å². The van der Waals surface area contributed by atoms with Crippen molar-refractivity contribution in [3.63, 3.8) is 0 Å². The largest absolute Gasteiger partial charge is 0.0654 e. The van der Waals surface area contributed by atoms with Crippen LogP contribution in [-0.2, 0) is 12.8 Å². The summed E-state index contributed by atoms with van der Waals surface area (Å²) in [6.07, 6.45) is 18.4. The summed E-state index contributed by atoms with van der Waals surface area (Å²) in [7, 11) is 0. The lowest BCUT2D eigenvalue weighted by atomic mass is 9.64. The van der Waals surface area contributed by atoms with Crippen LogP contribution in [0.5, 0.6) is 0 Å². The molecule has 1 saturated carbocycles. The van der Waals surface area contributed by atoms with Gasteiger partial charge in [-0.15, -0.1) is 0 Å². The molecule has 0 nitrogen and oxygen atoms in total. The zero-order chi connectivity index (χ0) is 16.8. The quantitative estimate of drug-likeness (QED) is 0.435. The van der Waals surface area contributed by atoms with Gasteiger partial charge in [0.1, 0.15) is 0 Å². The Kier molecular flexibility index (Phi) is 6.81. The van der Waals surface area contributed by atoms with Crippen molar-refractivity contribution in [3.8, 4) is 0 Å². The molecule has 0 N–H and O–H groups in total. The van der Waals surface area contributed by atoms with Gasteiger partial charge in [-0.25, -0.2) is 0 Å². The number of benzene rings is 1. The van der Waals surface area contributed by atoms with Gasteiger partial charge in [0.25, 0.3) is 0 Å². The van der Waals surface area contributed by atoms with Crippen molar-refractivity contribution >= 4 is 0 Å². The van der Waals surface area contributed by atoms with E-state index in [-0.39, 0.29) is 0 Å². The number of unbranched alkanes of at least 4 members (excludes halogenated alkanes) is 4. The molecule has 0 aliphatic heterocycles. The van der Waals surface area contributed by atoms with Crippen LogP contribution in [-0.4, -0.2) is 0 Å². The minimum atomic E-state index is 0.889. The van der Waals surface area contributed by atoms with E-state index in [9.17, 15) is 0 Å². The third-order valence-electron chi connectivity index (χ3n) is 6.78. The number of aryl methyl sites for hydroxylation is 2. The molecule has 24 heavy (non-hydrogen) atoms. The smallest absolute Gasteiger partial charge is 0.0128 e. The van der Waals surface area contributed by atoms with Gasteiger partial charge in [0.2, 0.25) is 0 Å². The molecule has 0 heteroatoms. The zero-order valence-electron chi connectivity index (χ0n) is 16.2. The molecule has 0 heterocycles. The molecule has 2 aliphatic rings. The third kappa shape index (κ3) is 4.44. The van der Waals surface area contributed by atoms with Crippen LogP contribution >= 0.6 is 0 Å². The van der Waals surface area contributed by atoms with E-state index in [1.165, 1.54) is 83.5 Å². The van der Waals surface area contributed by atoms with Crippen molar-refractivity contribution in [1.82, 2.24) is 0 Å². The minimum Gasteiger partial charge on any atom is -0.0654 e. The monoisotopic (exact) mass is 326 g/mol. The second-order valence-corrected chi connectivity index (χ2v) is 8.57. The van der Waals surface area contributed by atoms with E-state index in [1.54, 1.807) is 16.7 Å². The number of hydrogen-bond acceptors (Lipinski definition) is 0. The molecule has 1 aromatic rings. The highest BCUT2D eigenvalue weighted by atomic mass is 14.4. The molecule has 0 amide bonds. The van der Waals surface area contributed by atoms with Crippen LogP contribution in [0.15, 0.2) is 18.2 Å². The topological polar surface area (TPSA) is 0 Å². The van der Waals surface area contributed by atoms with Gasteiger partial charge in [-0.05, 0) is 73.0 Å². The maximum Gasteiger partial charge on any atom is -0.0128 e. The van der Waals surface area contributed by atoms with Gasteiger partial charge < -0.3 is 0 Å². The summed E-state index contributed by atoms with van der Waals surface area (Å²) >= 11 is 0. The first-order valence-corrected chi connectivity index (χ1v) is 10.9. The van der Waals surface area contributed by atoms with Crippen LogP contribution < -0.4 is 0 Å². The average molecular weight is 327 g/mol. The first-order valence-electron chi connectivity index (χ1n) is 10.9. The molecule has 1 fully saturated rings. The molecule has 0 spiro atoms. The van der Waals surface area contributed by atoms with Gasteiger partial charge in [-0.1, -0.05) is 77.0 Å². The molecule has 3 rings (SSSR count). The van der Waals surface area contributed by atoms with Crippen LogP contribution in [0, 0.1) is 11.8 Å². The second kappa shape index (κ2) is 9.07. The van der Waals surface area contributed by atoms with E-state index >= 15 is 0 Å². The summed E-state index contributed by atoms with van der Waals surface area (Å²) in [5.74, 6) is 2.89. The van der Waals surface area contributed by atoms with Crippen molar-refractivity contribution in [2.75, 3.05) is 0 Å². The van der Waals surface area contributed by atoms with Crippen LogP contribution in [0.4, 0.5) is 0 Å². The first kappa shape index (κ1) is 18.0. The Hall–Kier alpha value is -0.780. The molecule has 0 saturated heterocycles. The Morgan fingerprint density at radius 3 is 2.62 bits per heavy atom. The lowest BCUT2D eigenvalue weighted by molar-refractivity contribution is 0.203. The first-order chi connectivity index (χ1) is 11.8. The fourth-order valence-electron chi connectivity index (χ4n) is 5.26. The maximum atomic E-state index is 2.61. The molecule has 3 unspecified atom stereocenters. The van der Waals surface area contributed by atoms with Gasteiger partial charge in [-0.2, -0.15) is 0 Å². The molecule has 3 atom stereocenters. The molecular weight excluding hydrogens is 288 g/mol. The Labute approximate surface area is 150 Å². The standard InChI is InChI=1S/C24H38/c1-3-5-7-8-10-20-12-14-22-16-15-21-13-11-19(9-6-4-2)17-23(21)24(22)18-20/h11,13,17,20,22,24H,3-10,12,14-16,18H2,1-2H3. The summed E-state index contributed by atoms with van der Waals surface area (Å²) in [5, 5.41) is 0. The van der Waals surface area contributed by atoms with Gasteiger partial charge in [0.15, 0.2) is 0 Å². The molecule has 0 radical (unpaired) electrons. The van der Waals surface area contributed by atoms with E-state index in [2.05, 4.69) is 32.0 Å². The highest BCUT2D eigenvalue weighted by Crippen LogP contribution is 2.48. The molecular formula is C24H38. The van der Waals surface area contributed by atoms with Gasteiger partial charge in [0.05, 0.1) is 0 Å². The van der Waals surface area contributed by atoms with Gasteiger partial charge >= 0.3 is 0 Å². The fourth-order valence-corrected chi connectivity index (χ4v) is 5.26. The summed E-state index contributed by atoms with van der Waals surface area (Å²) in [5.41, 5.74) is 5.04. The Balaban J connectivity index is 1.65. The van der Waals surface area contributed by atoms with E-state index in [0.29, 0.717) is 0 Å². The molecule has 134 valence electrons. The second-order valence-electron chi connectivity index (χ2n) is 8.57. The number of rotatable bonds is 8. The van der Waals surface area contributed by atoms with Crippen LogP contribution in [0.3, 0.4) is 0 Å².